The lowest BCUT2D eigenvalue weighted by Gasteiger charge is -2.23. The van der Waals surface area contributed by atoms with Crippen molar-refractivity contribution in [3.05, 3.63) is 35.9 Å². The van der Waals surface area contributed by atoms with E-state index < -0.39 is 43.9 Å². The maximum absolute atomic E-state index is 9.69. The van der Waals surface area contributed by atoms with Crippen LogP contribution in [-0.4, -0.2) is 58.1 Å². The number of rotatable bonds is 5. The SMILES string of the molecule is OC[C@@H](O)[C@@H]1OC(c2ccccc2)O[C@H]1[C@@H](O)CO. The lowest BCUT2D eigenvalue weighted by Crippen LogP contribution is -2.45. The first-order valence-corrected chi connectivity index (χ1v) is 6.11. The minimum absolute atomic E-state index is 0.510. The standard InChI is InChI=1S/C13H18O6/c14-6-9(16)11-12(10(17)7-15)19-13(18-11)8-4-2-1-3-5-8/h1-5,9-17H,6-7H2/t9-,10+,11-,12-,13?/m0/s1. The van der Waals surface area contributed by atoms with Gasteiger partial charge < -0.3 is 29.9 Å². The highest BCUT2D eigenvalue weighted by atomic mass is 16.7. The molecule has 2 rings (SSSR count). The van der Waals surface area contributed by atoms with Crippen molar-refractivity contribution in [2.75, 3.05) is 13.2 Å². The molecule has 0 radical (unpaired) electrons. The molecule has 106 valence electrons. The van der Waals surface area contributed by atoms with Crippen molar-refractivity contribution in [3.63, 3.8) is 0 Å². The van der Waals surface area contributed by atoms with Gasteiger partial charge in [-0.2, -0.15) is 0 Å². The number of hydrogen-bond acceptors (Lipinski definition) is 6. The summed E-state index contributed by atoms with van der Waals surface area (Å²) in [5.74, 6) is 0. The van der Waals surface area contributed by atoms with Crippen molar-refractivity contribution in [3.8, 4) is 0 Å². The maximum atomic E-state index is 9.69. The first-order valence-electron chi connectivity index (χ1n) is 6.11. The number of hydrogen-bond donors (Lipinski definition) is 4. The summed E-state index contributed by atoms with van der Waals surface area (Å²) in [6.07, 6.45) is -4.88. The van der Waals surface area contributed by atoms with Gasteiger partial charge in [-0.1, -0.05) is 30.3 Å². The lowest BCUT2D eigenvalue weighted by atomic mass is 10.0. The molecule has 0 aromatic heterocycles. The third-order valence-electron chi connectivity index (χ3n) is 3.09. The van der Waals surface area contributed by atoms with Crippen LogP contribution >= 0.6 is 0 Å². The third kappa shape index (κ3) is 3.11. The second-order valence-electron chi connectivity index (χ2n) is 4.44. The van der Waals surface area contributed by atoms with E-state index >= 15 is 0 Å². The largest absolute Gasteiger partial charge is 0.394 e. The van der Waals surface area contributed by atoms with E-state index in [9.17, 15) is 10.2 Å². The molecule has 6 heteroatoms. The Bertz CT molecular complexity index is 366. The van der Waals surface area contributed by atoms with E-state index in [1.807, 2.05) is 18.2 Å². The summed E-state index contributed by atoms with van der Waals surface area (Å²) in [5.41, 5.74) is 0.741. The summed E-state index contributed by atoms with van der Waals surface area (Å²) in [5, 5.41) is 37.4. The summed E-state index contributed by atoms with van der Waals surface area (Å²) >= 11 is 0. The molecule has 1 saturated heterocycles. The van der Waals surface area contributed by atoms with Gasteiger partial charge in [0.1, 0.15) is 24.4 Å². The summed E-state index contributed by atoms with van der Waals surface area (Å²) in [7, 11) is 0. The molecule has 1 aromatic rings. The van der Waals surface area contributed by atoms with E-state index in [4.69, 9.17) is 19.7 Å². The van der Waals surface area contributed by atoms with Crippen LogP contribution in [0.5, 0.6) is 0 Å². The van der Waals surface area contributed by atoms with Gasteiger partial charge in [0.25, 0.3) is 0 Å². The summed E-state index contributed by atoms with van der Waals surface area (Å²) in [4.78, 5) is 0. The van der Waals surface area contributed by atoms with E-state index in [1.165, 1.54) is 0 Å². The van der Waals surface area contributed by atoms with Crippen molar-refractivity contribution < 1.29 is 29.9 Å². The monoisotopic (exact) mass is 270 g/mol. The summed E-state index contributed by atoms with van der Waals surface area (Å²) < 4.78 is 11.1. The molecule has 1 heterocycles. The fraction of sp³-hybridized carbons (Fsp3) is 0.538. The maximum Gasteiger partial charge on any atom is 0.184 e. The highest BCUT2D eigenvalue weighted by Gasteiger charge is 2.44. The molecule has 0 saturated carbocycles. The van der Waals surface area contributed by atoms with Gasteiger partial charge in [-0.25, -0.2) is 0 Å². The van der Waals surface area contributed by atoms with Crippen LogP contribution in [0.25, 0.3) is 0 Å². The topological polar surface area (TPSA) is 99.4 Å². The molecule has 1 unspecified atom stereocenters. The number of benzene rings is 1. The van der Waals surface area contributed by atoms with Crippen molar-refractivity contribution in [1.82, 2.24) is 0 Å². The first kappa shape index (κ1) is 14.4. The highest BCUT2D eigenvalue weighted by molar-refractivity contribution is 5.17. The highest BCUT2D eigenvalue weighted by Crippen LogP contribution is 2.34. The number of aliphatic hydroxyl groups excluding tert-OH is 4. The van der Waals surface area contributed by atoms with E-state index in [-0.39, 0.29) is 0 Å². The molecule has 4 N–H and O–H groups in total. The van der Waals surface area contributed by atoms with Gasteiger partial charge in [-0.3, -0.25) is 0 Å². The number of aliphatic hydroxyl groups is 4. The molecule has 0 aliphatic carbocycles. The number of ether oxygens (including phenoxy) is 2. The second kappa shape index (κ2) is 6.42. The van der Waals surface area contributed by atoms with E-state index in [0.717, 1.165) is 5.56 Å². The fourth-order valence-electron chi connectivity index (χ4n) is 2.07. The molecule has 5 atom stereocenters. The van der Waals surface area contributed by atoms with Crippen molar-refractivity contribution in [1.29, 1.82) is 0 Å². The Hall–Kier alpha value is -1.02. The van der Waals surface area contributed by atoms with Crippen LogP contribution in [0.4, 0.5) is 0 Å². The van der Waals surface area contributed by atoms with Gasteiger partial charge in [-0.05, 0) is 0 Å². The molecule has 0 bridgehead atoms. The minimum Gasteiger partial charge on any atom is -0.394 e. The van der Waals surface area contributed by atoms with Crippen molar-refractivity contribution >= 4 is 0 Å². The molecule has 1 aromatic carbocycles. The van der Waals surface area contributed by atoms with Crippen molar-refractivity contribution in [2.45, 2.75) is 30.7 Å². The van der Waals surface area contributed by atoms with Gasteiger partial charge in [0.15, 0.2) is 6.29 Å². The molecule has 1 aliphatic rings. The molecule has 1 fully saturated rings. The van der Waals surface area contributed by atoms with Gasteiger partial charge in [0, 0.05) is 5.56 Å². The lowest BCUT2D eigenvalue weighted by molar-refractivity contribution is -0.0957. The van der Waals surface area contributed by atoms with Crippen LogP contribution in [0.2, 0.25) is 0 Å². The molecular weight excluding hydrogens is 252 g/mol. The Morgan fingerprint density at radius 3 is 1.79 bits per heavy atom. The second-order valence-corrected chi connectivity index (χ2v) is 4.44. The van der Waals surface area contributed by atoms with Crippen molar-refractivity contribution in [2.24, 2.45) is 0 Å². The normalized spacial score (nSPS) is 30.2. The Morgan fingerprint density at radius 1 is 0.895 bits per heavy atom. The zero-order valence-corrected chi connectivity index (χ0v) is 10.3. The third-order valence-corrected chi connectivity index (χ3v) is 3.09. The predicted molar refractivity (Wildman–Crippen MR) is 65.1 cm³/mol. The molecule has 0 amide bonds. The average Bonchev–Trinajstić information content (AvgIpc) is 2.91. The van der Waals surface area contributed by atoms with E-state index in [0.29, 0.717) is 0 Å². The zero-order chi connectivity index (χ0) is 13.8. The Labute approximate surface area is 110 Å². The first-order chi connectivity index (χ1) is 9.17. The quantitative estimate of drug-likeness (QED) is 0.558. The molecule has 1 aliphatic heterocycles. The van der Waals surface area contributed by atoms with Crippen LogP contribution in [0.1, 0.15) is 11.9 Å². The van der Waals surface area contributed by atoms with E-state index in [2.05, 4.69) is 0 Å². The molecule has 6 nitrogen and oxygen atoms in total. The predicted octanol–water partition coefficient (Wildman–Crippen LogP) is -0.824. The average molecular weight is 270 g/mol. The molecular formula is C13H18O6. The smallest absolute Gasteiger partial charge is 0.184 e. The Morgan fingerprint density at radius 2 is 1.37 bits per heavy atom. The van der Waals surface area contributed by atoms with Crippen LogP contribution in [0, 0.1) is 0 Å². The van der Waals surface area contributed by atoms with Crippen LogP contribution < -0.4 is 0 Å². The molecule has 0 spiro atoms. The van der Waals surface area contributed by atoms with Crippen LogP contribution in [0.15, 0.2) is 30.3 Å². The summed E-state index contributed by atoms with van der Waals surface area (Å²) in [6, 6.07) is 9.06. The Kier molecular flexibility index (Phi) is 4.87. The fourth-order valence-corrected chi connectivity index (χ4v) is 2.07. The zero-order valence-electron chi connectivity index (χ0n) is 10.3. The van der Waals surface area contributed by atoms with Gasteiger partial charge >= 0.3 is 0 Å². The molecule has 19 heavy (non-hydrogen) atoms. The van der Waals surface area contributed by atoms with Gasteiger partial charge in [0.2, 0.25) is 0 Å². The van der Waals surface area contributed by atoms with Gasteiger partial charge in [-0.15, -0.1) is 0 Å². The van der Waals surface area contributed by atoms with E-state index in [1.54, 1.807) is 12.1 Å². The van der Waals surface area contributed by atoms with Gasteiger partial charge in [0.05, 0.1) is 13.2 Å². The minimum atomic E-state index is -1.18. The summed E-state index contributed by atoms with van der Waals surface area (Å²) in [6.45, 7) is -1.02. The van der Waals surface area contributed by atoms with Crippen LogP contribution in [0.3, 0.4) is 0 Å². The Balaban J connectivity index is 2.15. The van der Waals surface area contributed by atoms with Crippen LogP contribution in [-0.2, 0) is 9.47 Å².